The summed E-state index contributed by atoms with van der Waals surface area (Å²) >= 11 is 0. The van der Waals surface area contributed by atoms with Gasteiger partial charge in [0.2, 0.25) is 5.91 Å². The van der Waals surface area contributed by atoms with Gasteiger partial charge in [-0.05, 0) is 18.9 Å². The van der Waals surface area contributed by atoms with Crippen LogP contribution in [0.5, 0.6) is 0 Å². The average Bonchev–Trinajstić information content (AvgIpc) is 2.13. The van der Waals surface area contributed by atoms with E-state index in [0.29, 0.717) is 5.92 Å². The Balaban J connectivity index is 3.52. The lowest BCUT2D eigenvalue weighted by Gasteiger charge is -2.13. The molecule has 3 heteroatoms. The lowest BCUT2D eigenvalue weighted by atomic mass is 10.1. The van der Waals surface area contributed by atoms with Crippen molar-refractivity contribution >= 4 is 5.91 Å². The number of hydrogen-bond acceptors (Lipinski definition) is 2. The summed E-state index contributed by atoms with van der Waals surface area (Å²) in [5.74, 6) is 0.882. The molecule has 0 aromatic carbocycles. The van der Waals surface area contributed by atoms with E-state index < -0.39 is 0 Å². The molecule has 0 aliphatic heterocycles. The van der Waals surface area contributed by atoms with Gasteiger partial charge in [0.15, 0.2) is 0 Å². The van der Waals surface area contributed by atoms with Gasteiger partial charge in [-0.1, -0.05) is 27.7 Å². The van der Waals surface area contributed by atoms with Crippen LogP contribution in [0.25, 0.3) is 0 Å². The average molecular weight is 200 g/mol. The van der Waals surface area contributed by atoms with Crippen LogP contribution in [0.1, 0.15) is 34.1 Å². The molecule has 2 N–H and O–H groups in total. The van der Waals surface area contributed by atoms with Crippen LogP contribution < -0.4 is 10.6 Å². The number of amides is 1. The molecule has 1 amide bonds. The van der Waals surface area contributed by atoms with Gasteiger partial charge in [0.25, 0.3) is 0 Å². The number of nitrogens with one attached hydrogen (secondary N) is 2. The fourth-order valence-corrected chi connectivity index (χ4v) is 1.11. The van der Waals surface area contributed by atoms with Crippen LogP contribution in [0.2, 0.25) is 0 Å². The minimum atomic E-state index is 0.0714. The molecule has 14 heavy (non-hydrogen) atoms. The van der Waals surface area contributed by atoms with Crippen LogP contribution in [0.15, 0.2) is 0 Å². The van der Waals surface area contributed by atoms with Crippen molar-refractivity contribution in [2.24, 2.45) is 11.8 Å². The fourth-order valence-electron chi connectivity index (χ4n) is 1.11. The van der Waals surface area contributed by atoms with E-state index in [2.05, 4.69) is 24.5 Å². The minimum Gasteiger partial charge on any atom is -0.356 e. The van der Waals surface area contributed by atoms with Gasteiger partial charge >= 0.3 is 0 Å². The molecule has 0 bridgehead atoms. The van der Waals surface area contributed by atoms with E-state index in [-0.39, 0.29) is 11.8 Å². The molecule has 0 aromatic rings. The molecule has 0 heterocycles. The lowest BCUT2D eigenvalue weighted by molar-refractivity contribution is -0.124. The van der Waals surface area contributed by atoms with E-state index in [1.54, 1.807) is 0 Å². The highest BCUT2D eigenvalue weighted by Crippen LogP contribution is 1.98. The standard InChI is InChI=1S/C11H24N2O/c1-5-12-8-10(4)11(14)13-7-6-9(2)3/h9-10,12H,5-8H2,1-4H3,(H,13,14). The molecule has 0 aromatic heterocycles. The Labute approximate surface area is 87.6 Å². The Morgan fingerprint density at radius 1 is 1.29 bits per heavy atom. The zero-order valence-electron chi connectivity index (χ0n) is 9.89. The van der Waals surface area contributed by atoms with Crippen LogP contribution in [-0.2, 0) is 4.79 Å². The second-order valence-electron chi connectivity index (χ2n) is 4.18. The molecule has 0 rings (SSSR count). The van der Waals surface area contributed by atoms with Gasteiger partial charge in [-0.25, -0.2) is 0 Å². The van der Waals surface area contributed by atoms with Crippen molar-refractivity contribution in [2.75, 3.05) is 19.6 Å². The number of rotatable bonds is 7. The molecule has 0 spiro atoms. The molecular formula is C11H24N2O. The largest absolute Gasteiger partial charge is 0.356 e. The van der Waals surface area contributed by atoms with Gasteiger partial charge in [0.1, 0.15) is 0 Å². The number of carbonyl (C=O) groups excluding carboxylic acids is 1. The maximum Gasteiger partial charge on any atom is 0.224 e. The van der Waals surface area contributed by atoms with Crippen molar-refractivity contribution in [1.29, 1.82) is 0 Å². The zero-order valence-corrected chi connectivity index (χ0v) is 9.89. The monoisotopic (exact) mass is 200 g/mol. The van der Waals surface area contributed by atoms with E-state index in [9.17, 15) is 4.79 Å². The normalized spacial score (nSPS) is 12.9. The highest BCUT2D eigenvalue weighted by Gasteiger charge is 2.10. The smallest absolute Gasteiger partial charge is 0.224 e. The second-order valence-corrected chi connectivity index (χ2v) is 4.18. The number of hydrogen-bond donors (Lipinski definition) is 2. The zero-order chi connectivity index (χ0) is 11.0. The Hall–Kier alpha value is -0.570. The third-order valence-corrected chi connectivity index (χ3v) is 2.17. The van der Waals surface area contributed by atoms with Crippen molar-refractivity contribution in [3.63, 3.8) is 0 Å². The summed E-state index contributed by atoms with van der Waals surface area (Å²) in [4.78, 5) is 11.5. The first kappa shape index (κ1) is 13.4. The second kappa shape index (κ2) is 7.80. The Morgan fingerprint density at radius 3 is 2.43 bits per heavy atom. The molecule has 0 saturated carbocycles. The van der Waals surface area contributed by atoms with E-state index >= 15 is 0 Å². The summed E-state index contributed by atoms with van der Waals surface area (Å²) in [7, 11) is 0. The predicted octanol–water partition coefficient (Wildman–Crippen LogP) is 1.39. The maximum absolute atomic E-state index is 11.5. The molecule has 0 radical (unpaired) electrons. The van der Waals surface area contributed by atoms with Crippen molar-refractivity contribution in [3.05, 3.63) is 0 Å². The Bertz CT molecular complexity index is 157. The highest BCUT2D eigenvalue weighted by molar-refractivity contribution is 5.78. The molecule has 3 nitrogen and oxygen atoms in total. The third kappa shape index (κ3) is 6.89. The van der Waals surface area contributed by atoms with Crippen LogP contribution in [-0.4, -0.2) is 25.5 Å². The molecule has 0 saturated heterocycles. The van der Waals surface area contributed by atoms with Gasteiger partial charge in [-0.15, -0.1) is 0 Å². The molecular weight excluding hydrogens is 176 g/mol. The third-order valence-electron chi connectivity index (χ3n) is 2.17. The number of carbonyl (C=O) groups is 1. The van der Waals surface area contributed by atoms with Gasteiger partial charge < -0.3 is 10.6 Å². The topological polar surface area (TPSA) is 41.1 Å². The first-order chi connectivity index (χ1) is 6.57. The molecule has 0 aliphatic rings. The quantitative estimate of drug-likeness (QED) is 0.652. The predicted molar refractivity (Wildman–Crippen MR) is 60.2 cm³/mol. The van der Waals surface area contributed by atoms with Crippen molar-refractivity contribution in [3.8, 4) is 0 Å². The summed E-state index contributed by atoms with van der Waals surface area (Å²) in [6.07, 6.45) is 1.06. The van der Waals surface area contributed by atoms with Crippen molar-refractivity contribution < 1.29 is 4.79 Å². The van der Waals surface area contributed by atoms with Gasteiger partial charge in [-0.3, -0.25) is 4.79 Å². The lowest BCUT2D eigenvalue weighted by Crippen LogP contribution is -2.36. The van der Waals surface area contributed by atoms with E-state index in [1.807, 2.05) is 13.8 Å². The summed E-state index contributed by atoms with van der Waals surface area (Å²) in [5.41, 5.74) is 0. The van der Waals surface area contributed by atoms with Crippen molar-refractivity contribution in [1.82, 2.24) is 10.6 Å². The van der Waals surface area contributed by atoms with Crippen LogP contribution in [0.4, 0.5) is 0 Å². The van der Waals surface area contributed by atoms with Gasteiger partial charge in [-0.2, -0.15) is 0 Å². The Kier molecular flexibility index (Phi) is 7.48. The van der Waals surface area contributed by atoms with Crippen molar-refractivity contribution in [2.45, 2.75) is 34.1 Å². The molecule has 1 unspecified atom stereocenters. The molecule has 1 atom stereocenters. The molecule has 84 valence electrons. The Morgan fingerprint density at radius 2 is 1.93 bits per heavy atom. The summed E-state index contributed by atoms with van der Waals surface area (Å²) in [5, 5.41) is 6.11. The van der Waals surface area contributed by atoms with Crippen LogP contribution >= 0.6 is 0 Å². The minimum absolute atomic E-state index is 0.0714. The molecule has 0 fully saturated rings. The molecule has 0 aliphatic carbocycles. The summed E-state index contributed by atoms with van der Waals surface area (Å²) in [6, 6.07) is 0. The van der Waals surface area contributed by atoms with Gasteiger partial charge in [0.05, 0.1) is 0 Å². The van der Waals surface area contributed by atoms with Gasteiger partial charge in [0, 0.05) is 19.0 Å². The van der Waals surface area contributed by atoms with E-state index in [1.165, 1.54) is 0 Å². The van der Waals surface area contributed by atoms with E-state index in [4.69, 9.17) is 0 Å². The van der Waals surface area contributed by atoms with E-state index in [0.717, 1.165) is 26.1 Å². The summed E-state index contributed by atoms with van der Waals surface area (Å²) in [6.45, 7) is 10.8. The first-order valence-electron chi connectivity index (χ1n) is 5.56. The maximum atomic E-state index is 11.5. The van der Waals surface area contributed by atoms with Crippen LogP contribution in [0, 0.1) is 11.8 Å². The SMILES string of the molecule is CCNCC(C)C(=O)NCCC(C)C. The van der Waals surface area contributed by atoms with Crippen LogP contribution in [0.3, 0.4) is 0 Å². The summed E-state index contributed by atoms with van der Waals surface area (Å²) < 4.78 is 0. The highest BCUT2D eigenvalue weighted by atomic mass is 16.1. The fraction of sp³-hybridized carbons (Fsp3) is 0.909. The first-order valence-corrected chi connectivity index (χ1v) is 5.56.